The van der Waals surface area contributed by atoms with Gasteiger partial charge in [-0.3, -0.25) is 0 Å². The van der Waals surface area contributed by atoms with Crippen LogP contribution in [0.2, 0.25) is 0 Å². The van der Waals surface area contributed by atoms with Crippen LogP contribution >= 0.6 is 0 Å². The highest BCUT2D eigenvalue weighted by molar-refractivity contribution is 5.89. The standard InChI is InChI=1S/C15H20O4/c1-15(2,3)19-14(16)13-9-7-12(8-10-13)6-5-11-18-17-4/h5-10H,11H2,1-4H3/b6-5+. The first-order valence-electron chi connectivity index (χ1n) is 6.08. The van der Waals surface area contributed by atoms with Crippen molar-refractivity contribution in [2.45, 2.75) is 26.4 Å². The van der Waals surface area contributed by atoms with Gasteiger partial charge in [-0.15, -0.1) is 0 Å². The van der Waals surface area contributed by atoms with Gasteiger partial charge in [-0.2, -0.15) is 0 Å². The summed E-state index contributed by atoms with van der Waals surface area (Å²) in [6.07, 6.45) is 3.71. The van der Waals surface area contributed by atoms with Crippen molar-refractivity contribution < 1.29 is 19.3 Å². The Morgan fingerprint density at radius 1 is 1.21 bits per heavy atom. The summed E-state index contributed by atoms with van der Waals surface area (Å²) in [6.45, 7) is 5.91. The van der Waals surface area contributed by atoms with Crippen molar-refractivity contribution in [3.8, 4) is 0 Å². The summed E-state index contributed by atoms with van der Waals surface area (Å²) in [5.74, 6) is -0.314. The van der Waals surface area contributed by atoms with Gasteiger partial charge in [-0.05, 0) is 38.5 Å². The average Bonchev–Trinajstić information content (AvgIpc) is 2.33. The quantitative estimate of drug-likeness (QED) is 0.354. The molecule has 0 radical (unpaired) electrons. The summed E-state index contributed by atoms with van der Waals surface area (Å²) in [6, 6.07) is 7.18. The van der Waals surface area contributed by atoms with Crippen molar-refractivity contribution >= 4 is 12.0 Å². The van der Waals surface area contributed by atoms with Gasteiger partial charge in [0.25, 0.3) is 0 Å². The van der Waals surface area contributed by atoms with Crippen LogP contribution in [0.1, 0.15) is 36.7 Å². The fraction of sp³-hybridized carbons (Fsp3) is 0.400. The maximum atomic E-state index is 11.8. The van der Waals surface area contributed by atoms with Crippen LogP contribution in [0, 0.1) is 0 Å². The fourth-order valence-corrected chi connectivity index (χ4v) is 1.36. The zero-order valence-electron chi connectivity index (χ0n) is 11.8. The van der Waals surface area contributed by atoms with E-state index in [1.807, 2.05) is 45.1 Å². The van der Waals surface area contributed by atoms with Crippen molar-refractivity contribution in [2.24, 2.45) is 0 Å². The van der Waals surface area contributed by atoms with Crippen LogP contribution in [0.25, 0.3) is 6.08 Å². The van der Waals surface area contributed by atoms with Gasteiger partial charge in [0.05, 0.1) is 12.7 Å². The lowest BCUT2D eigenvalue weighted by Crippen LogP contribution is -2.23. The lowest BCUT2D eigenvalue weighted by Gasteiger charge is -2.19. The summed E-state index contributed by atoms with van der Waals surface area (Å²) >= 11 is 0. The van der Waals surface area contributed by atoms with Crippen LogP contribution in [0.15, 0.2) is 30.3 Å². The van der Waals surface area contributed by atoms with Crippen LogP contribution in [0.3, 0.4) is 0 Å². The molecule has 0 atom stereocenters. The van der Waals surface area contributed by atoms with Gasteiger partial charge in [-0.25, -0.2) is 14.6 Å². The molecule has 0 unspecified atom stereocenters. The van der Waals surface area contributed by atoms with Gasteiger partial charge >= 0.3 is 5.97 Å². The van der Waals surface area contributed by atoms with Crippen LogP contribution in [0.4, 0.5) is 0 Å². The van der Waals surface area contributed by atoms with Crippen LogP contribution in [0.5, 0.6) is 0 Å². The Labute approximate surface area is 113 Å². The van der Waals surface area contributed by atoms with Gasteiger partial charge in [0.2, 0.25) is 0 Å². The summed E-state index contributed by atoms with van der Waals surface area (Å²) in [5.41, 5.74) is 1.04. The Morgan fingerprint density at radius 2 is 1.84 bits per heavy atom. The van der Waals surface area contributed by atoms with Crippen LogP contribution in [-0.4, -0.2) is 25.3 Å². The Bertz CT molecular complexity index is 426. The van der Waals surface area contributed by atoms with E-state index in [1.165, 1.54) is 7.11 Å². The van der Waals surface area contributed by atoms with E-state index in [0.717, 1.165) is 5.56 Å². The van der Waals surface area contributed by atoms with E-state index in [2.05, 4.69) is 4.89 Å². The van der Waals surface area contributed by atoms with Gasteiger partial charge < -0.3 is 4.74 Å². The molecule has 0 spiro atoms. The molecule has 0 aliphatic heterocycles. The zero-order valence-corrected chi connectivity index (χ0v) is 11.8. The summed E-state index contributed by atoms with van der Waals surface area (Å²) in [5, 5.41) is 0. The second-order valence-electron chi connectivity index (χ2n) is 4.98. The molecule has 4 nitrogen and oxygen atoms in total. The third kappa shape index (κ3) is 6.18. The monoisotopic (exact) mass is 264 g/mol. The average molecular weight is 264 g/mol. The molecular weight excluding hydrogens is 244 g/mol. The molecule has 0 N–H and O–H groups in total. The maximum absolute atomic E-state index is 11.8. The van der Waals surface area contributed by atoms with Crippen molar-refractivity contribution in [1.82, 2.24) is 0 Å². The first-order chi connectivity index (χ1) is 8.92. The number of ether oxygens (including phenoxy) is 1. The number of carbonyl (C=O) groups is 1. The third-order valence-corrected chi connectivity index (χ3v) is 2.14. The first-order valence-corrected chi connectivity index (χ1v) is 6.08. The Hall–Kier alpha value is -1.65. The second kappa shape index (κ2) is 7.07. The minimum Gasteiger partial charge on any atom is -0.456 e. The molecule has 0 saturated carbocycles. The number of esters is 1. The topological polar surface area (TPSA) is 44.8 Å². The minimum absolute atomic E-state index is 0.314. The molecule has 0 amide bonds. The molecule has 1 aromatic carbocycles. The van der Waals surface area contributed by atoms with Crippen LogP contribution in [-0.2, 0) is 14.5 Å². The molecule has 0 aliphatic rings. The molecule has 19 heavy (non-hydrogen) atoms. The molecule has 0 saturated heterocycles. The van der Waals surface area contributed by atoms with E-state index in [9.17, 15) is 4.79 Å². The van der Waals surface area contributed by atoms with E-state index in [0.29, 0.717) is 12.2 Å². The summed E-state index contributed by atoms with van der Waals surface area (Å²) in [7, 11) is 1.46. The van der Waals surface area contributed by atoms with Crippen molar-refractivity contribution in [3.05, 3.63) is 41.5 Å². The largest absolute Gasteiger partial charge is 0.456 e. The van der Waals surface area contributed by atoms with E-state index in [1.54, 1.807) is 12.1 Å². The van der Waals surface area contributed by atoms with Gasteiger partial charge in [-0.1, -0.05) is 24.3 Å². The Morgan fingerprint density at radius 3 is 2.37 bits per heavy atom. The molecule has 104 valence electrons. The van der Waals surface area contributed by atoms with E-state index < -0.39 is 5.60 Å². The Kier molecular flexibility index (Phi) is 5.73. The zero-order chi connectivity index (χ0) is 14.3. The molecule has 0 bridgehead atoms. The molecule has 1 rings (SSSR count). The lowest BCUT2D eigenvalue weighted by molar-refractivity contribution is -0.263. The van der Waals surface area contributed by atoms with Crippen molar-refractivity contribution in [2.75, 3.05) is 13.7 Å². The highest BCUT2D eigenvalue weighted by Crippen LogP contribution is 2.13. The molecule has 0 heterocycles. The predicted molar refractivity (Wildman–Crippen MR) is 73.6 cm³/mol. The highest BCUT2D eigenvalue weighted by Gasteiger charge is 2.17. The number of benzene rings is 1. The van der Waals surface area contributed by atoms with Crippen LogP contribution < -0.4 is 0 Å². The van der Waals surface area contributed by atoms with Gasteiger partial charge in [0, 0.05) is 0 Å². The minimum atomic E-state index is -0.479. The number of rotatable bonds is 5. The molecule has 0 fully saturated rings. The fourth-order valence-electron chi connectivity index (χ4n) is 1.36. The van der Waals surface area contributed by atoms with E-state index in [4.69, 9.17) is 9.62 Å². The summed E-state index contributed by atoms with van der Waals surface area (Å²) in [4.78, 5) is 21.0. The van der Waals surface area contributed by atoms with E-state index >= 15 is 0 Å². The number of hydrogen-bond donors (Lipinski definition) is 0. The smallest absolute Gasteiger partial charge is 0.338 e. The third-order valence-electron chi connectivity index (χ3n) is 2.14. The normalized spacial score (nSPS) is 11.8. The number of carbonyl (C=O) groups excluding carboxylic acids is 1. The summed E-state index contributed by atoms with van der Waals surface area (Å²) < 4.78 is 5.28. The molecular formula is C15H20O4. The highest BCUT2D eigenvalue weighted by atomic mass is 17.2. The molecule has 0 aromatic heterocycles. The SMILES string of the molecule is COOC/C=C/c1ccc(C(=O)OC(C)(C)C)cc1. The van der Waals surface area contributed by atoms with E-state index in [-0.39, 0.29) is 5.97 Å². The number of hydrogen-bond acceptors (Lipinski definition) is 4. The molecule has 0 aliphatic carbocycles. The van der Waals surface area contributed by atoms with Crippen molar-refractivity contribution in [3.63, 3.8) is 0 Å². The molecule has 1 aromatic rings. The Balaban J connectivity index is 2.61. The van der Waals surface area contributed by atoms with Gasteiger partial charge in [0.1, 0.15) is 12.2 Å². The van der Waals surface area contributed by atoms with Gasteiger partial charge in [0.15, 0.2) is 0 Å². The maximum Gasteiger partial charge on any atom is 0.338 e. The van der Waals surface area contributed by atoms with Crippen molar-refractivity contribution in [1.29, 1.82) is 0 Å². The predicted octanol–water partition coefficient (Wildman–Crippen LogP) is 3.23. The first kappa shape index (κ1) is 15.4. The molecule has 4 heteroatoms. The second-order valence-corrected chi connectivity index (χ2v) is 4.98. The lowest BCUT2D eigenvalue weighted by atomic mass is 10.1.